The summed E-state index contributed by atoms with van der Waals surface area (Å²) in [5, 5.41) is 3.60. The van der Waals surface area contributed by atoms with Gasteiger partial charge in [-0.25, -0.2) is 4.79 Å². The van der Waals surface area contributed by atoms with Crippen molar-refractivity contribution in [2.45, 2.75) is 32.2 Å². The molecule has 1 aliphatic rings. The first-order valence-electron chi connectivity index (χ1n) is 6.92. The van der Waals surface area contributed by atoms with E-state index in [1.165, 1.54) is 17.9 Å². The van der Waals surface area contributed by atoms with Gasteiger partial charge in [0, 0.05) is 33.2 Å². The second kappa shape index (κ2) is 8.64. The first-order chi connectivity index (χ1) is 8.65. The number of nitrogens with one attached hydrogen (secondary N) is 1. The Bertz CT molecular complexity index is 240. The maximum atomic E-state index is 11.8. The van der Waals surface area contributed by atoms with Gasteiger partial charge in [-0.2, -0.15) is 11.8 Å². The summed E-state index contributed by atoms with van der Waals surface area (Å²) >= 11 is 2.00. The van der Waals surface area contributed by atoms with Gasteiger partial charge in [-0.05, 0) is 37.3 Å². The van der Waals surface area contributed by atoms with E-state index in [0.29, 0.717) is 6.04 Å². The highest BCUT2D eigenvalue weighted by atomic mass is 32.2. The Balaban J connectivity index is 2.10. The Hall–Kier alpha value is -0.420. The highest BCUT2D eigenvalue weighted by Gasteiger charge is 2.22. The molecule has 0 atom stereocenters. The molecule has 18 heavy (non-hydrogen) atoms. The molecule has 0 aliphatic carbocycles. The van der Waals surface area contributed by atoms with Crippen molar-refractivity contribution >= 4 is 17.8 Å². The van der Waals surface area contributed by atoms with Gasteiger partial charge in [-0.1, -0.05) is 6.92 Å². The Kier molecular flexibility index (Phi) is 7.51. The van der Waals surface area contributed by atoms with E-state index in [0.717, 1.165) is 32.5 Å². The van der Waals surface area contributed by atoms with Crippen molar-refractivity contribution in [1.82, 2.24) is 15.1 Å². The van der Waals surface area contributed by atoms with E-state index in [1.807, 2.05) is 30.8 Å². The minimum Gasteiger partial charge on any atom is -0.331 e. The van der Waals surface area contributed by atoms with Crippen LogP contribution in [0.15, 0.2) is 0 Å². The summed E-state index contributed by atoms with van der Waals surface area (Å²) in [5.74, 6) is 2.46. The van der Waals surface area contributed by atoms with Crippen molar-refractivity contribution in [1.29, 1.82) is 0 Å². The molecule has 0 unspecified atom stereocenters. The quantitative estimate of drug-likeness (QED) is 0.750. The lowest BCUT2D eigenvalue weighted by Gasteiger charge is -2.34. The molecule has 1 N–H and O–H groups in total. The van der Waals surface area contributed by atoms with Gasteiger partial charge in [0.25, 0.3) is 0 Å². The zero-order valence-corrected chi connectivity index (χ0v) is 12.8. The average Bonchev–Trinajstić information content (AvgIpc) is 2.38. The molecule has 1 rings (SSSR count). The largest absolute Gasteiger partial charge is 0.331 e. The second-order valence-electron chi connectivity index (χ2n) is 4.94. The maximum absolute atomic E-state index is 11.8. The first kappa shape index (κ1) is 15.6. The average molecular weight is 273 g/mol. The normalized spacial score (nSPS) is 16.9. The van der Waals surface area contributed by atoms with Crippen LogP contribution in [-0.4, -0.2) is 67.1 Å². The van der Waals surface area contributed by atoms with Crippen LogP contribution in [0.25, 0.3) is 0 Å². The molecule has 0 saturated carbocycles. The Labute approximate surface area is 115 Å². The number of hydrogen-bond donors (Lipinski definition) is 1. The standard InChI is InChI=1S/C13H27N3OS/c1-4-18-11-5-8-14-12-6-9-16(10-7-12)13(17)15(2)3/h12,14H,4-11H2,1-3H3. The van der Waals surface area contributed by atoms with Crippen LogP contribution in [0.5, 0.6) is 0 Å². The molecule has 5 heteroatoms. The van der Waals surface area contributed by atoms with Crippen LogP contribution < -0.4 is 5.32 Å². The molecular weight excluding hydrogens is 246 g/mol. The van der Waals surface area contributed by atoms with Crippen molar-refractivity contribution in [2.75, 3.05) is 45.2 Å². The maximum Gasteiger partial charge on any atom is 0.319 e. The summed E-state index contributed by atoms with van der Waals surface area (Å²) in [6.07, 6.45) is 3.41. The third-order valence-corrected chi connectivity index (χ3v) is 4.24. The molecule has 1 fully saturated rings. The molecule has 106 valence electrons. The summed E-state index contributed by atoms with van der Waals surface area (Å²) in [6, 6.07) is 0.746. The van der Waals surface area contributed by atoms with Gasteiger partial charge in [-0.3, -0.25) is 0 Å². The van der Waals surface area contributed by atoms with E-state index in [9.17, 15) is 4.79 Å². The van der Waals surface area contributed by atoms with Gasteiger partial charge in [-0.15, -0.1) is 0 Å². The zero-order chi connectivity index (χ0) is 13.4. The summed E-state index contributed by atoms with van der Waals surface area (Å²) in [5.41, 5.74) is 0. The third kappa shape index (κ3) is 5.48. The van der Waals surface area contributed by atoms with Crippen LogP contribution in [0, 0.1) is 0 Å². The van der Waals surface area contributed by atoms with Crippen molar-refractivity contribution in [3.63, 3.8) is 0 Å². The molecule has 0 aromatic heterocycles. The number of urea groups is 1. The second-order valence-corrected chi connectivity index (χ2v) is 6.34. The number of carbonyl (C=O) groups excluding carboxylic acids is 1. The van der Waals surface area contributed by atoms with Crippen molar-refractivity contribution in [2.24, 2.45) is 0 Å². The Morgan fingerprint density at radius 3 is 2.61 bits per heavy atom. The van der Waals surface area contributed by atoms with Gasteiger partial charge in [0.2, 0.25) is 0 Å². The van der Waals surface area contributed by atoms with Crippen LogP contribution in [0.1, 0.15) is 26.2 Å². The topological polar surface area (TPSA) is 35.6 Å². The predicted molar refractivity (Wildman–Crippen MR) is 79.3 cm³/mol. The van der Waals surface area contributed by atoms with Gasteiger partial charge in [0.05, 0.1) is 0 Å². The molecule has 0 bridgehead atoms. The molecule has 0 aromatic rings. The highest BCUT2D eigenvalue weighted by Crippen LogP contribution is 2.11. The van der Waals surface area contributed by atoms with Crippen molar-refractivity contribution in [3.8, 4) is 0 Å². The van der Waals surface area contributed by atoms with Crippen LogP contribution in [0.3, 0.4) is 0 Å². The monoisotopic (exact) mass is 273 g/mol. The van der Waals surface area contributed by atoms with Gasteiger partial charge in [0.15, 0.2) is 0 Å². The fourth-order valence-corrected chi connectivity index (χ4v) is 2.82. The number of nitrogens with zero attached hydrogens (tertiary/aromatic N) is 2. The van der Waals surface area contributed by atoms with Crippen LogP contribution in [0.4, 0.5) is 4.79 Å². The predicted octanol–water partition coefficient (Wildman–Crippen LogP) is 1.87. The number of piperidine rings is 1. The summed E-state index contributed by atoms with van der Waals surface area (Å²) < 4.78 is 0. The van der Waals surface area contributed by atoms with Gasteiger partial charge in [0.1, 0.15) is 0 Å². The molecular formula is C13H27N3OS. The molecule has 0 spiro atoms. The van der Waals surface area contributed by atoms with E-state index < -0.39 is 0 Å². The van der Waals surface area contributed by atoms with Crippen molar-refractivity contribution < 1.29 is 4.79 Å². The lowest BCUT2D eigenvalue weighted by Crippen LogP contribution is -2.48. The molecule has 0 radical (unpaired) electrons. The molecule has 4 nitrogen and oxygen atoms in total. The number of thioether (sulfide) groups is 1. The summed E-state index contributed by atoms with van der Waals surface area (Å²) in [7, 11) is 3.64. The lowest BCUT2D eigenvalue weighted by atomic mass is 10.1. The van der Waals surface area contributed by atoms with Gasteiger partial charge < -0.3 is 15.1 Å². The number of amides is 2. The van der Waals surface area contributed by atoms with E-state index in [4.69, 9.17) is 0 Å². The highest BCUT2D eigenvalue weighted by molar-refractivity contribution is 7.99. The fraction of sp³-hybridized carbons (Fsp3) is 0.923. The number of rotatable bonds is 6. The Morgan fingerprint density at radius 2 is 2.06 bits per heavy atom. The molecule has 1 aliphatic heterocycles. The van der Waals surface area contributed by atoms with E-state index in [-0.39, 0.29) is 6.03 Å². The van der Waals surface area contributed by atoms with E-state index in [2.05, 4.69) is 12.2 Å². The third-order valence-electron chi connectivity index (χ3n) is 3.25. The number of likely N-dealkylation sites (tertiary alicyclic amines) is 1. The number of carbonyl (C=O) groups is 1. The van der Waals surface area contributed by atoms with E-state index in [1.54, 1.807) is 4.90 Å². The van der Waals surface area contributed by atoms with Gasteiger partial charge >= 0.3 is 6.03 Å². The molecule has 1 heterocycles. The molecule has 1 saturated heterocycles. The lowest BCUT2D eigenvalue weighted by molar-refractivity contribution is 0.152. The van der Waals surface area contributed by atoms with Crippen molar-refractivity contribution in [3.05, 3.63) is 0 Å². The Morgan fingerprint density at radius 1 is 1.39 bits per heavy atom. The molecule has 2 amide bonds. The van der Waals surface area contributed by atoms with Crippen LogP contribution in [0.2, 0.25) is 0 Å². The zero-order valence-electron chi connectivity index (χ0n) is 11.9. The smallest absolute Gasteiger partial charge is 0.319 e. The minimum absolute atomic E-state index is 0.146. The van der Waals surface area contributed by atoms with Crippen LogP contribution in [-0.2, 0) is 0 Å². The minimum atomic E-state index is 0.146. The SMILES string of the molecule is CCSCCCNC1CCN(C(=O)N(C)C)CC1. The van der Waals surface area contributed by atoms with Crippen LogP contribution >= 0.6 is 11.8 Å². The summed E-state index contributed by atoms with van der Waals surface area (Å²) in [6.45, 7) is 5.09. The van der Waals surface area contributed by atoms with E-state index >= 15 is 0 Å². The fourth-order valence-electron chi connectivity index (χ4n) is 2.18. The summed E-state index contributed by atoms with van der Waals surface area (Å²) in [4.78, 5) is 15.4. The first-order valence-corrected chi connectivity index (χ1v) is 8.08. The number of hydrogen-bond acceptors (Lipinski definition) is 3. The molecule has 0 aromatic carbocycles.